The standard InChI is InChI=1S/C45H53N11O6/c1-51-18-19-54(45(51)62)36-20-28-21-37(36)55(25-28)44-47-34(39(40(46)58)49-50-44)9-4-26-2-5-29(6-3-26)30-13-15-52(16-14-30)23-27-12-17-53(24-27)31-7-8-32-33(22-31)43(61)56(42(32)60)35-10-11-38(57)48-41(35)59/h2-3,5-8,22,27-28,30,35-37H,4,9-21,23-25H2,1H3,(H2,46,58)(H,48,57,59). The number of likely N-dealkylation sites (N-methyl/N-ethyl adjacent to an activating group) is 1. The first-order valence-corrected chi connectivity index (χ1v) is 22.2. The molecule has 5 unspecified atom stereocenters. The molecule has 5 saturated heterocycles. The van der Waals surface area contributed by atoms with Crippen LogP contribution in [-0.2, 0) is 22.4 Å². The Balaban J connectivity index is 0.708. The van der Waals surface area contributed by atoms with Gasteiger partial charge in [0.15, 0.2) is 5.69 Å². The lowest BCUT2D eigenvalue weighted by Gasteiger charge is -2.37. The highest BCUT2D eigenvalue weighted by molar-refractivity contribution is 6.23. The predicted molar refractivity (Wildman–Crippen MR) is 226 cm³/mol. The summed E-state index contributed by atoms with van der Waals surface area (Å²) in [6.45, 7) is 7.08. The van der Waals surface area contributed by atoms with Crippen molar-refractivity contribution in [3.05, 3.63) is 76.1 Å². The molecule has 3 aromatic rings. The number of likely N-dealkylation sites (tertiary alicyclic amines) is 1. The van der Waals surface area contributed by atoms with Crippen molar-refractivity contribution in [1.29, 1.82) is 0 Å². The number of nitrogens with zero attached hydrogens (tertiary/aromatic N) is 9. The Morgan fingerprint density at radius 3 is 2.27 bits per heavy atom. The molecule has 2 bridgehead atoms. The molecule has 324 valence electrons. The van der Waals surface area contributed by atoms with E-state index in [0.717, 1.165) is 101 Å². The number of nitrogens with two attached hydrogens (primary N) is 1. The number of piperidine rings is 3. The zero-order valence-electron chi connectivity index (χ0n) is 35.1. The Kier molecular flexibility index (Phi) is 10.4. The summed E-state index contributed by atoms with van der Waals surface area (Å²) in [5.74, 6) is -0.658. The maximum absolute atomic E-state index is 13.4. The molecule has 62 heavy (non-hydrogen) atoms. The number of carbonyl (C=O) groups excluding carboxylic acids is 6. The second kappa shape index (κ2) is 16.1. The van der Waals surface area contributed by atoms with Crippen LogP contribution in [0.5, 0.6) is 0 Å². The molecule has 3 N–H and O–H groups in total. The fourth-order valence-corrected chi connectivity index (χ4v) is 11.3. The largest absolute Gasteiger partial charge is 0.371 e. The molecule has 7 aliphatic rings. The molecule has 2 aromatic carbocycles. The third-order valence-electron chi connectivity index (χ3n) is 14.6. The van der Waals surface area contributed by atoms with E-state index in [1.165, 1.54) is 5.56 Å². The summed E-state index contributed by atoms with van der Waals surface area (Å²) < 4.78 is 0. The maximum atomic E-state index is 13.4. The van der Waals surface area contributed by atoms with Gasteiger partial charge in [-0.3, -0.25) is 34.2 Å². The average molecular weight is 844 g/mol. The Bertz CT molecular complexity index is 2330. The van der Waals surface area contributed by atoms with Crippen molar-refractivity contribution in [2.45, 2.75) is 81.8 Å². The lowest BCUT2D eigenvalue weighted by atomic mass is 9.88. The van der Waals surface area contributed by atoms with E-state index in [1.54, 1.807) is 17.0 Å². The Hall–Kier alpha value is -5.97. The van der Waals surface area contributed by atoms with Crippen molar-refractivity contribution in [3.8, 4) is 0 Å². The summed E-state index contributed by atoms with van der Waals surface area (Å²) in [7, 11) is 1.85. The van der Waals surface area contributed by atoms with Gasteiger partial charge in [0.25, 0.3) is 17.7 Å². The summed E-state index contributed by atoms with van der Waals surface area (Å²) in [6.07, 6.45) is 6.60. The quantitative estimate of drug-likeness (QED) is 0.268. The smallest absolute Gasteiger partial charge is 0.320 e. The predicted octanol–water partition coefficient (Wildman–Crippen LogP) is 2.20. The Morgan fingerprint density at radius 1 is 0.806 bits per heavy atom. The molecule has 0 spiro atoms. The van der Waals surface area contributed by atoms with E-state index in [4.69, 9.17) is 10.7 Å². The molecule has 1 saturated carbocycles. The van der Waals surface area contributed by atoms with Gasteiger partial charge in [-0.25, -0.2) is 9.78 Å². The Labute approximate surface area is 359 Å². The van der Waals surface area contributed by atoms with Gasteiger partial charge in [-0.15, -0.1) is 10.2 Å². The number of benzene rings is 2. The normalized spacial score (nSPS) is 26.7. The number of aryl methyl sites for hydroxylation is 2. The van der Waals surface area contributed by atoms with E-state index in [1.807, 2.05) is 18.0 Å². The molecule has 7 amide bonds. The number of imide groups is 2. The number of urea groups is 1. The van der Waals surface area contributed by atoms with Gasteiger partial charge in [-0.1, -0.05) is 24.3 Å². The van der Waals surface area contributed by atoms with Gasteiger partial charge in [-0.2, -0.15) is 0 Å². The van der Waals surface area contributed by atoms with E-state index in [2.05, 4.69) is 54.5 Å². The number of aromatic nitrogens is 3. The van der Waals surface area contributed by atoms with E-state index < -0.39 is 35.6 Å². The minimum atomic E-state index is -0.973. The molecule has 17 nitrogen and oxygen atoms in total. The molecular weight excluding hydrogens is 791 g/mol. The van der Waals surface area contributed by atoms with Crippen molar-refractivity contribution < 1.29 is 28.8 Å². The lowest BCUT2D eigenvalue weighted by molar-refractivity contribution is -0.136. The molecule has 6 aliphatic heterocycles. The van der Waals surface area contributed by atoms with E-state index >= 15 is 0 Å². The van der Waals surface area contributed by atoms with Crippen LogP contribution in [0.4, 0.5) is 16.4 Å². The van der Waals surface area contributed by atoms with Crippen LogP contribution in [0.2, 0.25) is 0 Å². The fraction of sp³-hybridized carbons (Fsp3) is 0.533. The second-order valence-electron chi connectivity index (χ2n) is 18.4. The summed E-state index contributed by atoms with van der Waals surface area (Å²) in [5, 5.41) is 10.9. The van der Waals surface area contributed by atoms with Crippen molar-refractivity contribution in [1.82, 2.24) is 40.1 Å². The number of nitrogens with one attached hydrogen (secondary N) is 1. The van der Waals surface area contributed by atoms with Crippen LogP contribution in [0.25, 0.3) is 0 Å². The average Bonchev–Trinajstić information content (AvgIpc) is 4.12. The highest BCUT2D eigenvalue weighted by Crippen LogP contribution is 2.43. The van der Waals surface area contributed by atoms with Crippen LogP contribution in [0.3, 0.4) is 0 Å². The minimum absolute atomic E-state index is 0.0799. The minimum Gasteiger partial charge on any atom is -0.371 e. The van der Waals surface area contributed by atoms with Crippen molar-refractivity contribution in [2.75, 3.05) is 69.2 Å². The summed E-state index contributed by atoms with van der Waals surface area (Å²) >= 11 is 0. The van der Waals surface area contributed by atoms with Crippen LogP contribution in [0.15, 0.2) is 42.5 Å². The van der Waals surface area contributed by atoms with Crippen molar-refractivity contribution in [3.63, 3.8) is 0 Å². The number of hydrogen-bond acceptors (Lipinski definition) is 12. The number of fused-ring (bicyclic) bond motifs is 3. The van der Waals surface area contributed by atoms with E-state index in [-0.39, 0.29) is 36.7 Å². The lowest BCUT2D eigenvalue weighted by Crippen LogP contribution is -2.54. The Morgan fingerprint density at radius 2 is 1.56 bits per heavy atom. The van der Waals surface area contributed by atoms with Crippen LogP contribution >= 0.6 is 0 Å². The van der Waals surface area contributed by atoms with Crippen LogP contribution in [0, 0.1) is 11.8 Å². The first-order valence-electron chi connectivity index (χ1n) is 22.2. The highest BCUT2D eigenvalue weighted by atomic mass is 16.2. The van der Waals surface area contributed by atoms with Crippen LogP contribution < -0.4 is 20.9 Å². The van der Waals surface area contributed by atoms with Gasteiger partial charge in [0.1, 0.15) is 6.04 Å². The molecule has 1 aromatic heterocycles. The topological polar surface area (TPSA) is 199 Å². The molecular formula is C45H53N11O6. The van der Waals surface area contributed by atoms with Gasteiger partial charge in [0.2, 0.25) is 17.8 Å². The van der Waals surface area contributed by atoms with Gasteiger partial charge in [-0.05, 0) is 112 Å². The highest BCUT2D eigenvalue weighted by Gasteiger charge is 2.51. The second-order valence-corrected chi connectivity index (χ2v) is 18.4. The number of rotatable bonds is 11. The molecule has 10 rings (SSSR count). The van der Waals surface area contributed by atoms with Gasteiger partial charge >= 0.3 is 6.03 Å². The summed E-state index contributed by atoms with van der Waals surface area (Å²) in [6, 6.07) is 13.6. The molecule has 7 heterocycles. The molecule has 0 radical (unpaired) electrons. The van der Waals surface area contributed by atoms with E-state index in [9.17, 15) is 28.8 Å². The summed E-state index contributed by atoms with van der Waals surface area (Å²) in [4.78, 5) is 92.6. The molecule has 17 heteroatoms. The van der Waals surface area contributed by atoms with Crippen molar-refractivity contribution in [2.24, 2.45) is 17.6 Å². The number of hydrogen-bond donors (Lipinski definition) is 2. The first kappa shape index (κ1) is 40.1. The first-order chi connectivity index (χ1) is 30.0. The third kappa shape index (κ3) is 7.32. The number of primary amides is 1. The van der Waals surface area contributed by atoms with Gasteiger partial charge in [0, 0.05) is 58.4 Å². The zero-order valence-corrected chi connectivity index (χ0v) is 35.1. The van der Waals surface area contributed by atoms with Crippen LogP contribution in [-0.4, -0.2) is 148 Å². The summed E-state index contributed by atoms with van der Waals surface area (Å²) in [5.41, 5.74) is 10.4. The van der Waals surface area contributed by atoms with Crippen molar-refractivity contribution >= 4 is 47.2 Å². The number of carbonyl (C=O) groups is 6. The third-order valence-corrected chi connectivity index (χ3v) is 14.6. The monoisotopic (exact) mass is 843 g/mol. The van der Waals surface area contributed by atoms with Crippen LogP contribution in [0.1, 0.15) is 98.9 Å². The SMILES string of the molecule is CN1CCN(C2CC3CC2N(c2nnc(C(N)=O)c(CCc4ccc(C5CCN(CC6CCN(c7ccc8c(c7)C(=O)N(C7CCC(=O)NC7=O)C8=O)C6)CC5)cc4)n2)C3)C1=O. The molecule has 6 fully saturated rings. The molecule has 5 atom stereocenters. The van der Waals surface area contributed by atoms with Gasteiger partial charge < -0.3 is 30.2 Å². The number of amides is 7. The fourth-order valence-electron chi connectivity index (χ4n) is 11.3. The number of anilines is 2. The maximum Gasteiger partial charge on any atom is 0.320 e. The molecule has 1 aliphatic carbocycles. The van der Waals surface area contributed by atoms with Gasteiger partial charge in [0.05, 0.1) is 28.9 Å². The zero-order chi connectivity index (χ0) is 42.8. The van der Waals surface area contributed by atoms with E-state index in [0.29, 0.717) is 53.4 Å².